The summed E-state index contributed by atoms with van der Waals surface area (Å²) in [5, 5.41) is 10.4. The van der Waals surface area contributed by atoms with Crippen molar-refractivity contribution in [2.24, 2.45) is 5.92 Å². The first-order chi connectivity index (χ1) is 6.98. The maximum absolute atomic E-state index is 10.4. The molecule has 1 aromatic rings. The number of hydrogen-bond donors (Lipinski definition) is 1. The Labute approximate surface area is 99.9 Å². The molecule has 84 valence electrons. The molecule has 0 radical (unpaired) electrons. The quantitative estimate of drug-likeness (QED) is 0.913. The summed E-state index contributed by atoms with van der Waals surface area (Å²) >= 11 is 3.38. The van der Waals surface area contributed by atoms with Crippen LogP contribution in [0.3, 0.4) is 0 Å². The van der Waals surface area contributed by atoms with Crippen LogP contribution in [-0.4, -0.2) is 15.7 Å². The largest absolute Gasteiger partial charge is 0.389 e. The summed E-state index contributed by atoms with van der Waals surface area (Å²) in [4.78, 5) is 4.10. The average molecular weight is 272 g/mol. The molecule has 1 rings (SSSR count). The van der Waals surface area contributed by atoms with Crippen LogP contribution in [0.1, 0.15) is 32.8 Å². The Balaban J connectivity index is 2.84. The van der Waals surface area contributed by atoms with Gasteiger partial charge in [0.25, 0.3) is 0 Å². The minimum Gasteiger partial charge on any atom is -0.389 e. The van der Waals surface area contributed by atoms with Gasteiger partial charge in [0.05, 0.1) is 5.60 Å². The SMILES string of the molecule is CCC(O)(Cc1cncc(Br)c1)C(C)C. The zero-order valence-corrected chi connectivity index (χ0v) is 11.1. The Morgan fingerprint density at radius 1 is 1.47 bits per heavy atom. The fraction of sp³-hybridized carbons (Fsp3) is 0.583. The first-order valence-electron chi connectivity index (χ1n) is 5.29. The van der Waals surface area contributed by atoms with Crippen LogP contribution in [0.25, 0.3) is 0 Å². The molecule has 1 N–H and O–H groups in total. The van der Waals surface area contributed by atoms with Crippen LogP contribution < -0.4 is 0 Å². The molecular formula is C12H18BrNO. The van der Waals surface area contributed by atoms with Crippen LogP contribution in [0.5, 0.6) is 0 Å². The van der Waals surface area contributed by atoms with Gasteiger partial charge < -0.3 is 5.11 Å². The lowest BCUT2D eigenvalue weighted by Crippen LogP contribution is -2.36. The summed E-state index contributed by atoms with van der Waals surface area (Å²) in [6.45, 7) is 6.12. The molecule has 0 aliphatic rings. The van der Waals surface area contributed by atoms with Gasteiger partial charge in [-0.25, -0.2) is 0 Å². The van der Waals surface area contributed by atoms with Crippen LogP contribution in [-0.2, 0) is 6.42 Å². The standard InChI is InChI=1S/C12H18BrNO/c1-4-12(15,9(2)3)6-10-5-11(13)8-14-7-10/h5,7-9,15H,4,6H2,1-3H3. The fourth-order valence-electron chi connectivity index (χ4n) is 1.64. The molecule has 1 atom stereocenters. The van der Waals surface area contributed by atoms with Crippen molar-refractivity contribution in [2.75, 3.05) is 0 Å². The van der Waals surface area contributed by atoms with E-state index in [1.807, 2.05) is 19.2 Å². The number of hydrogen-bond acceptors (Lipinski definition) is 2. The highest BCUT2D eigenvalue weighted by Crippen LogP contribution is 2.26. The maximum Gasteiger partial charge on any atom is 0.0708 e. The second-order valence-electron chi connectivity index (χ2n) is 4.30. The molecule has 0 aliphatic heterocycles. The third-order valence-electron chi connectivity index (χ3n) is 2.96. The van der Waals surface area contributed by atoms with Crippen LogP contribution in [0, 0.1) is 5.92 Å². The van der Waals surface area contributed by atoms with Crippen molar-refractivity contribution in [3.05, 3.63) is 28.5 Å². The van der Waals surface area contributed by atoms with Gasteiger partial charge in [0, 0.05) is 23.3 Å². The Morgan fingerprint density at radius 2 is 2.13 bits per heavy atom. The second kappa shape index (κ2) is 5.08. The van der Waals surface area contributed by atoms with E-state index in [4.69, 9.17) is 0 Å². The molecule has 0 aromatic carbocycles. The Bertz CT molecular complexity index is 327. The summed E-state index contributed by atoms with van der Waals surface area (Å²) in [6, 6.07) is 2.01. The van der Waals surface area contributed by atoms with E-state index in [0.717, 1.165) is 16.5 Å². The summed E-state index contributed by atoms with van der Waals surface area (Å²) in [5.41, 5.74) is 0.449. The summed E-state index contributed by atoms with van der Waals surface area (Å²) < 4.78 is 0.960. The average Bonchev–Trinajstić information content (AvgIpc) is 2.17. The van der Waals surface area contributed by atoms with Crippen molar-refractivity contribution in [1.82, 2.24) is 4.98 Å². The van der Waals surface area contributed by atoms with E-state index in [2.05, 4.69) is 34.8 Å². The van der Waals surface area contributed by atoms with Gasteiger partial charge in [0.1, 0.15) is 0 Å². The van der Waals surface area contributed by atoms with Gasteiger partial charge >= 0.3 is 0 Å². The number of nitrogens with zero attached hydrogens (tertiary/aromatic N) is 1. The van der Waals surface area contributed by atoms with E-state index in [1.54, 1.807) is 6.20 Å². The van der Waals surface area contributed by atoms with Crippen molar-refractivity contribution >= 4 is 15.9 Å². The van der Waals surface area contributed by atoms with E-state index in [0.29, 0.717) is 6.42 Å². The molecular weight excluding hydrogens is 254 g/mol. The Kier molecular flexibility index (Phi) is 4.29. The van der Waals surface area contributed by atoms with E-state index in [9.17, 15) is 5.11 Å². The van der Waals surface area contributed by atoms with Crippen molar-refractivity contribution in [3.63, 3.8) is 0 Å². The predicted molar refractivity (Wildman–Crippen MR) is 65.7 cm³/mol. The number of halogens is 1. The first-order valence-corrected chi connectivity index (χ1v) is 6.09. The molecule has 3 heteroatoms. The maximum atomic E-state index is 10.4. The molecule has 0 bridgehead atoms. The molecule has 1 heterocycles. The molecule has 0 saturated heterocycles. The minimum absolute atomic E-state index is 0.251. The lowest BCUT2D eigenvalue weighted by atomic mass is 9.83. The van der Waals surface area contributed by atoms with Crippen molar-refractivity contribution in [3.8, 4) is 0 Å². The highest BCUT2D eigenvalue weighted by atomic mass is 79.9. The van der Waals surface area contributed by atoms with Crippen molar-refractivity contribution < 1.29 is 5.11 Å². The van der Waals surface area contributed by atoms with Gasteiger partial charge in [-0.05, 0) is 39.9 Å². The van der Waals surface area contributed by atoms with Crippen LogP contribution >= 0.6 is 15.9 Å². The molecule has 1 aromatic heterocycles. The van der Waals surface area contributed by atoms with E-state index >= 15 is 0 Å². The number of aliphatic hydroxyl groups is 1. The fourth-order valence-corrected chi connectivity index (χ4v) is 2.06. The molecule has 0 fully saturated rings. The molecule has 2 nitrogen and oxygen atoms in total. The predicted octanol–water partition coefficient (Wildman–Crippen LogP) is 3.18. The third kappa shape index (κ3) is 3.28. The number of rotatable bonds is 4. The Morgan fingerprint density at radius 3 is 2.60 bits per heavy atom. The molecule has 0 amide bonds. The number of aromatic nitrogens is 1. The lowest BCUT2D eigenvalue weighted by Gasteiger charge is -2.31. The minimum atomic E-state index is -0.623. The summed E-state index contributed by atoms with van der Waals surface area (Å²) in [5.74, 6) is 0.251. The van der Waals surface area contributed by atoms with Gasteiger partial charge in [0.2, 0.25) is 0 Å². The topological polar surface area (TPSA) is 33.1 Å². The van der Waals surface area contributed by atoms with Crippen LogP contribution in [0.4, 0.5) is 0 Å². The van der Waals surface area contributed by atoms with Gasteiger partial charge in [0.15, 0.2) is 0 Å². The highest BCUT2D eigenvalue weighted by Gasteiger charge is 2.29. The zero-order valence-electron chi connectivity index (χ0n) is 9.50. The van der Waals surface area contributed by atoms with E-state index in [1.165, 1.54) is 0 Å². The van der Waals surface area contributed by atoms with E-state index < -0.39 is 5.60 Å². The van der Waals surface area contributed by atoms with Gasteiger partial charge in [-0.1, -0.05) is 20.8 Å². The smallest absolute Gasteiger partial charge is 0.0708 e. The highest BCUT2D eigenvalue weighted by molar-refractivity contribution is 9.10. The zero-order chi connectivity index (χ0) is 11.5. The Hall–Kier alpha value is -0.410. The monoisotopic (exact) mass is 271 g/mol. The van der Waals surface area contributed by atoms with Gasteiger partial charge in [-0.3, -0.25) is 4.98 Å². The first kappa shape index (κ1) is 12.7. The normalized spacial score (nSPS) is 15.3. The van der Waals surface area contributed by atoms with E-state index in [-0.39, 0.29) is 5.92 Å². The molecule has 0 spiro atoms. The van der Waals surface area contributed by atoms with Crippen LogP contribution in [0.15, 0.2) is 22.9 Å². The second-order valence-corrected chi connectivity index (χ2v) is 5.22. The van der Waals surface area contributed by atoms with Gasteiger partial charge in [-0.2, -0.15) is 0 Å². The van der Waals surface area contributed by atoms with Gasteiger partial charge in [-0.15, -0.1) is 0 Å². The summed E-state index contributed by atoms with van der Waals surface area (Å²) in [6.07, 6.45) is 4.99. The van der Waals surface area contributed by atoms with Crippen molar-refractivity contribution in [1.29, 1.82) is 0 Å². The molecule has 15 heavy (non-hydrogen) atoms. The molecule has 0 aliphatic carbocycles. The number of pyridine rings is 1. The molecule has 1 unspecified atom stereocenters. The van der Waals surface area contributed by atoms with Crippen molar-refractivity contribution in [2.45, 2.75) is 39.2 Å². The molecule has 0 saturated carbocycles. The third-order valence-corrected chi connectivity index (χ3v) is 3.39. The van der Waals surface area contributed by atoms with Crippen LogP contribution in [0.2, 0.25) is 0 Å². The summed E-state index contributed by atoms with van der Waals surface area (Å²) in [7, 11) is 0. The lowest BCUT2D eigenvalue weighted by molar-refractivity contribution is -0.00836.